The summed E-state index contributed by atoms with van der Waals surface area (Å²) >= 11 is 7.50. The van der Waals surface area contributed by atoms with E-state index >= 15 is 0 Å². The van der Waals surface area contributed by atoms with Gasteiger partial charge < -0.3 is 9.47 Å². The molecule has 0 aromatic carbocycles. The third kappa shape index (κ3) is 3.03. The molecule has 0 bridgehead atoms. The third-order valence-corrected chi connectivity index (χ3v) is 4.42. The van der Waals surface area contributed by atoms with Gasteiger partial charge in [0.15, 0.2) is 0 Å². The van der Waals surface area contributed by atoms with Crippen molar-refractivity contribution in [3.8, 4) is 0 Å². The van der Waals surface area contributed by atoms with Gasteiger partial charge in [0.05, 0.1) is 18.2 Å². The van der Waals surface area contributed by atoms with E-state index in [9.17, 15) is 4.79 Å². The molecule has 100 valence electrons. The molecule has 0 saturated carbocycles. The van der Waals surface area contributed by atoms with Gasteiger partial charge in [-0.15, -0.1) is 11.3 Å². The topological polar surface area (TPSA) is 38.8 Å². The standard InChI is InChI=1S/C12H16ClNO3S/c1-16-9-4-11(12(15)17-2)14(5-9)6-10-3-8(13)7-18-10/h3,7,9,11H,4-6H2,1-2H3/t9-,11+/m0/s1. The number of likely N-dealkylation sites (tertiary alicyclic amines) is 1. The zero-order chi connectivity index (χ0) is 13.1. The van der Waals surface area contributed by atoms with Crippen molar-refractivity contribution >= 4 is 28.9 Å². The number of ether oxygens (including phenoxy) is 2. The highest BCUT2D eigenvalue weighted by atomic mass is 35.5. The first-order valence-corrected chi connectivity index (χ1v) is 6.97. The van der Waals surface area contributed by atoms with Crippen LogP contribution >= 0.6 is 22.9 Å². The van der Waals surface area contributed by atoms with Gasteiger partial charge in [-0.2, -0.15) is 0 Å². The second kappa shape index (κ2) is 6.02. The quantitative estimate of drug-likeness (QED) is 0.796. The SMILES string of the molecule is COC(=O)[C@H]1C[C@H](OC)CN1Cc1cc(Cl)cs1. The van der Waals surface area contributed by atoms with Crippen molar-refractivity contribution in [3.05, 3.63) is 21.3 Å². The summed E-state index contributed by atoms with van der Waals surface area (Å²) in [7, 11) is 3.09. The molecule has 1 aliphatic heterocycles. The van der Waals surface area contributed by atoms with E-state index in [-0.39, 0.29) is 18.1 Å². The lowest BCUT2D eigenvalue weighted by Gasteiger charge is -2.21. The van der Waals surface area contributed by atoms with Crippen molar-refractivity contribution in [2.75, 3.05) is 20.8 Å². The molecule has 2 heterocycles. The number of hydrogen-bond acceptors (Lipinski definition) is 5. The summed E-state index contributed by atoms with van der Waals surface area (Å²) in [5, 5.41) is 2.64. The minimum Gasteiger partial charge on any atom is -0.468 e. The van der Waals surface area contributed by atoms with E-state index in [2.05, 4.69) is 4.90 Å². The number of nitrogens with zero attached hydrogens (tertiary/aromatic N) is 1. The number of esters is 1. The molecule has 6 heteroatoms. The predicted octanol–water partition coefficient (Wildman–Crippen LogP) is 2.16. The van der Waals surface area contributed by atoms with Crippen LogP contribution in [0.5, 0.6) is 0 Å². The van der Waals surface area contributed by atoms with Gasteiger partial charge in [0, 0.05) is 36.9 Å². The minimum atomic E-state index is -0.221. The largest absolute Gasteiger partial charge is 0.468 e. The smallest absolute Gasteiger partial charge is 0.323 e. The highest BCUT2D eigenvalue weighted by Crippen LogP contribution is 2.26. The zero-order valence-corrected chi connectivity index (χ0v) is 12.0. The summed E-state index contributed by atoms with van der Waals surface area (Å²) in [6.07, 6.45) is 0.770. The summed E-state index contributed by atoms with van der Waals surface area (Å²) in [5.41, 5.74) is 0. The van der Waals surface area contributed by atoms with Crippen molar-refractivity contribution in [1.82, 2.24) is 4.90 Å². The van der Waals surface area contributed by atoms with Gasteiger partial charge in [0.2, 0.25) is 0 Å². The lowest BCUT2D eigenvalue weighted by molar-refractivity contribution is -0.146. The van der Waals surface area contributed by atoms with Crippen LogP contribution in [0.15, 0.2) is 11.4 Å². The van der Waals surface area contributed by atoms with E-state index in [0.29, 0.717) is 13.0 Å². The Balaban J connectivity index is 2.06. The van der Waals surface area contributed by atoms with Crippen LogP contribution in [0, 0.1) is 0 Å². The fraction of sp³-hybridized carbons (Fsp3) is 0.583. The fourth-order valence-electron chi connectivity index (χ4n) is 2.23. The Labute approximate surface area is 115 Å². The van der Waals surface area contributed by atoms with Gasteiger partial charge in [0.25, 0.3) is 0 Å². The molecule has 0 unspecified atom stereocenters. The molecule has 18 heavy (non-hydrogen) atoms. The van der Waals surface area contributed by atoms with Crippen LogP contribution in [-0.2, 0) is 20.8 Å². The molecule has 1 aliphatic rings. The summed E-state index contributed by atoms with van der Waals surface area (Å²) in [6.45, 7) is 1.45. The lowest BCUT2D eigenvalue weighted by Crippen LogP contribution is -2.36. The van der Waals surface area contributed by atoms with Crippen LogP contribution in [0.1, 0.15) is 11.3 Å². The number of carbonyl (C=O) groups excluding carboxylic acids is 1. The molecule has 0 N–H and O–H groups in total. The van der Waals surface area contributed by atoms with Gasteiger partial charge in [-0.1, -0.05) is 11.6 Å². The first-order valence-electron chi connectivity index (χ1n) is 5.71. The van der Waals surface area contributed by atoms with E-state index in [4.69, 9.17) is 21.1 Å². The number of carbonyl (C=O) groups is 1. The van der Waals surface area contributed by atoms with Gasteiger partial charge in [-0.05, 0) is 6.07 Å². The summed E-state index contributed by atoms with van der Waals surface area (Å²) < 4.78 is 10.2. The molecule has 2 atom stereocenters. The second-order valence-electron chi connectivity index (χ2n) is 4.29. The molecule has 0 aliphatic carbocycles. The Morgan fingerprint density at radius 2 is 2.39 bits per heavy atom. The van der Waals surface area contributed by atoms with E-state index < -0.39 is 0 Å². The van der Waals surface area contributed by atoms with Crippen molar-refractivity contribution in [1.29, 1.82) is 0 Å². The predicted molar refractivity (Wildman–Crippen MR) is 71.0 cm³/mol. The minimum absolute atomic E-state index is 0.0875. The molecule has 1 saturated heterocycles. The molecule has 0 amide bonds. The molecule has 1 aromatic rings. The molecular formula is C12H16ClNO3S. The van der Waals surface area contributed by atoms with Gasteiger partial charge >= 0.3 is 5.97 Å². The van der Waals surface area contributed by atoms with Crippen molar-refractivity contribution in [3.63, 3.8) is 0 Å². The van der Waals surface area contributed by atoms with Crippen LogP contribution in [0.2, 0.25) is 5.02 Å². The summed E-state index contributed by atoms with van der Waals surface area (Å²) in [6, 6.07) is 1.71. The molecule has 2 rings (SSSR count). The van der Waals surface area contributed by atoms with Crippen molar-refractivity contribution in [2.45, 2.75) is 25.1 Å². The lowest BCUT2D eigenvalue weighted by atomic mass is 10.2. The van der Waals surface area contributed by atoms with E-state index in [0.717, 1.165) is 16.4 Å². The van der Waals surface area contributed by atoms with Gasteiger partial charge in [0.1, 0.15) is 6.04 Å². The van der Waals surface area contributed by atoms with Crippen molar-refractivity contribution < 1.29 is 14.3 Å². The normalized spacial score (nSPS) is 24.4. The number of thiophene rings is 1. The molecule has 1 fully saturated rings. The average molecular weight is 290 g/mol. The number of methoxy groups -OCH3 is 2. The van der Waals surface area contributed by atoms with E-state index in [1.165, 1.54) is 7.11 Å². The highest BCUT2D eigenvalue weighted by Gasteiger charge is 2.37. The van der Waals surface area contributed by atoms with Gasteiger partial charge in [-0.25, -0.2) is 0 Å². The van der Waals surface area contributed by atoms with Crippen LogP contribution in [0.3, 0.4) is 0 Å². The number of hydrogen-bond donors (Lipinski definition) is 0. The van der Waals surface area contributed by atoms with Crippen LogP contribution in [0.25, 0.3) is 0 Å². The van der Waals surface area contributed by atoms with Gasteiger partial charge in [-0.3, -0.25) is 9.69 Å². The Bertz CT molecular complexity index is 423. The Hall–Kier alpha value is -0.620. The van der Waals surface area contributed by atoms with Crippen LogP contribution in [0.4, 0.5) is 0 Å². The average Bonchev–Trinajstić information content (AvgIpc) is 2.95. The second-order valence-corrected chi connectivity index (χ2v) is 5.73. The first-order chi connectivity index (χ1) is 8.63. The number of halogens is 1. The van der Waals surface area contributed by atoms with Crippen LogP contribution < -0.4 is 0 Å². The summed E-state index contributed by atoms with van der Waals surface area (Å²) in [5.74, 6) is -0.197. The Morgan fingerprint density at radius 3 is 2.94 bits per heavy atom. The monoisotopic (exact) mass is 289 g/mol. The first kappa shape index (κ1) is 13.8. The van der Waals surface area contributed by atoms with E-state index in [1.807, 2.05) is 11.4 Å². The Kier molecular flexibility index (Phi) is 4.61. The maximum atomic E-state index is 11.7. The molecule has 0 spiro atoms. The molecular weight excluding hydrogens is 274 g/mol. The fourth-order valence-corrected chi connectivity index (χ4v) is 3.32. The highest BCUT2D eigenvalue weighted by molar-refractivity contribution is 7.10. The molecule has 4 nitrogen and oxygen atoms in total. The Morgan fingerprint density at radius 1 is 1.61 bits per heavy atom. The zero-order valence-electron chi connectivity index (χ0n) is 10.4. The van der Waals surface area contributed by atoms with Crippen LogP contribution in [-0.4, -0.2) is 43.8 Å². The third-order valence-electron chi connectivity index (χ3n) is 3.15. The summed E-state index contributed by atoms with van der Waals surface area (Å²) in [4.78, 5) is 15.0. The number of rotatable bonds is 4. The van der Waals surface area contributed by atoms with Crippen molar-refractivity contribution in [2.24, 2.45) is 0 Å². The maximum Gasteiger partial charge on any atom is 0.323 e. The molecule has 1 aromatic heterocycles. The molecule has 0 radical (unpaired) electrons. The maximum absolute atomic E-state index is 11.7. The van der Waals surface area contributed by atoms with E-state index in [1.54, 1.807) is 18.4 Å².